The van der Waals surface area contributed by atoms with Crippen molar-refractivity contribution in [3.8, 4) is 23.0 Å². The van der Waals surface area contributed by atoms with Crippen LogP contribution in [0.3, 0.4) is 0 Å². The van der Waals surface area contributed by atoms with Crippen molar-refractivity contribution in [3.05, 3.63) is 40.9 Å². The first-order valence-electron chi connectivity index (χ1n) is 5.59. The van der Waals surface area contributed by atoms with Crippen LogP contribution in [0.5, 0.6) is 23.0 Å². The number of rotatable bonds is 4. The van der Waals surface area contributed by atoms with Gasteiger partial charge < -0.3 is 19.9 Å². The molecule has 19 heavy (non-hydrogen) atoms. The van der Waals surface area contributed by atoms with Crippen LogP contribution in [0.4, 0.5) is 5.69 Å². The van der Waals surface area contributed by atoms with E-state index in [9.17, 15) is 0 Å². The lowest BCUT2D eigenvalue weighted by Gasteiger charge is -2.11. The number of halogens is 1. The van der Waals surface area contributed by atoms with Crippen molar-refractivity contribution in [3.63, 3.8) is 0 Å². The van der Waals surface area contributed by atoms with Crippen molar-refractivity contribution in [1.82, 2.24) is 0 Å². The van der Waals surface area contributed by atoms with Crippen LogP contribution >= 0.6 is 15.9 Å². The number of hydrogen-bond acceptors (Lipinski definition) is 4. The summed E-state index contributed by atoms with van der Waals surface area (Å²) in [6.45, 7) is 0. The number of nitrogens with two attached hydrogens (primary N) is 1. The molecule has 0 aliphatic heterocycles. The van der Waals surface area contributed by atoms with Crippen LogP contribution in [0.1, 0.15) is 0 Å². The molecule has 4 nitrogen and oxygen atoms in total. The molecule has 0 radical (unpaired) electrons. The van der Waals surface area contributed by atoms with E-state index in [0.29, 0.717) is 22.9 Å². The fourth-order valence-corrected chi connectivity index (χ4v) is 2.01. The van der Waals surface area contributed by atoms with Crippen molar-refractivity contribution in [1.29, 1.82) is 0 Å². The smallest absolute Gasteiger partial charge is 0.145 e. The average molecular weight is 324 g/mol. The van der Waals surface area contributed by atoms with Gasteiger partial charge in [0.25, 0.3) is 0 Å². The Balaban J connectivity index is 2.26. The predicted octanol–water partition coefficient (Wildman–Crippen LogP) is 3.84. The van der Waals surface area contributed by atoms with Crippen LogP contribution in [-0.4, -0.2) is 14.2 Å². The largest absolute Gasteiger partial charge is 0.497 e. The Hall–Kier alpha value is -1.88. The Morgan fingerprint density at radius 3 is 2.26 bits per heavy atom. The molecule has 0 saturated carbocycles. The first-order chi connectivity index (χ1) is 9.13. The Morgan fingerprint density at radius 2 is 1.63 bits per heavy atom. The summed E-state index contributed by atoms with van der Waals surface area (Å²) in [7, 11) is 3.19. The number of anilines is 1. The molecule has 2 N–H and O–H groups in total. The molecule has 0 aliphatic rings. The molecule has 100 valence electrons. The second-order valence-electron chi connectivity index (χ2n) is 3.80. The van der Waals surface area contributed by atoms with Gasteiger partial charge in [0.15, 0.2) is 0 Å². The highest BCUT2D eigenvalue weighted by atomic mass is 79.9. The molecule has 2 aromatic carbocycles. The van der Waals surface area contributed by atoms with E-state index in [4.69, 9.17) is 19.9 Å². The van der Waals surface area contributed by atoms with Gasteiger partial charge in [-0.3, -0.25) is 0 Å². The van der Waals surface area contributed by atoms with Gasteiger partial charge in [0.1, 0.15) is 23.0 Å². The van der Waals surface area contributed by atoms with Crippen LogP contribution in [0.2, 0.25) is 0 Å². The van der Waals surface area contributed by atoms with Gasteiger partial charge in [-0.25, -0.2) is 0 Å². The Morgan fingerprint density at radius 1 is 0.895 bits per heavy atom. The van der Waals surface area contributed by atoms with Crippen LogP contribution in [-0.2, 0) is 0 Å². The fourth-order valence-electron chi connectivity index (χ4n) is 1.57. The van der Waals surface area contributed by atoms with Crippen molar-refractivity contribution >= 4 is 21.6 Å². The van der Waals surface area contributed by atoms with Crippen LogP contribution in [0.15, 0.2) is 40.9 Å². The summed E-state index contributed by atoms with van der Waals surface area (Å²) in [6, 6.07) is 10.8. The van der Waals surface area contributed by atoms with E-state index in [0.717, 1.165) is 10.2 Å². The highest BCUT2D eigenvalue weighted by Crippen LogP contribution is 2.35. The zero-order chi connectivity index (χ0) is 13.8. The van der Waals surface area contributed by atoms with E-state index >= 15 is 0 Å². The third-order valence-corrected chi connectivity index (χ3v) is 3.19. The number of methoxy groups -OCH3 is 2. The lowest BCUT2D eigenvalue weighted by molar-refractivity contribution is 0.408. The summed E-state index contributed by atoms with van der Waals surface area (Å²) in [5.41, 5.74) is 6.33. The van der Waals surface area contributed by atoms with E-state index in [-0.39, 0.29) is 0 Å². The van der Waals surface area contributed by atoms with Gasteiger partial charge in [-0.1, -0.05) is 0 Å². The standard InChI is InChI=1S/C14H14BrNO3/c1-17-9-4-6-13(11(15)7-9)19-10-3-5-12(16)14(8-10)18-2/h3-8H,16H2,1-2H3. The van der Waals surface area contributed by atoms with Gasteiger partial charge in [-0.15, -0.1) is 0 Å². The van der Waals surface area contributed by atoms with Crippen LogP contribution < -0.4 is 19.9 Å². The molecular formula is C14H14BrNO3. The number of hydrogen-bond donors (Lipinski definition) is 1. The molecule has 2 aromatic rings. The molecule has 5 heteroatoms. The highest BCUT2D eigenvalue weighted by molar-refractivity contribution is 9.10. The molecule has 0 fully saturated rings. The maximum Gasteiger partial charge on any atom is 0.145 e. The zero-order valence-corrected chi connectivity index (χ0v) is 12.2. The lowest BCUT2D eigenvalue weighted by Crippen LogP contribution is -1.93. The second kappa shape index (κ2) is 5.84. The molecule has 0 amide bonds. The summed E-state index contributed by atoms with van der Waals surface area (Å²) < 4.78 is 16.9. The third-order valence-electron chi connectivity index (χ3n) is 2.57. The fraction of sp³-hybridized carbons (Fsp3) is 0.143. The summed E-state index contributed by atoms with van der Waals surface area (Å²) in [6.07, 6.45) is 0. The molecule has 0 aromatic heterocycles. The van der Waals surface area contributed by atoms with Gasteiger partial charge in [-0.05, 0) is 46.3 Å². The summed E-state index contributed by atoms with van der Waals surface area (Å²) in [5, 5.41) is 0. The first-order valence-corrected chi connectivity index (χ1v) is 6.38. The van der Waals surface area contributed by atoms with E-state index in [1.54, 1.807) is 32.4 Å². The summed E-state index contributed by atoms with van der Waals surface area (Å²) >= 11 is 3.43. The molecule has 0 unspecified atom stereocenters. The maximum atomic E-state index is 5.77. The molecule has 0 spiro atoms. The van der Waals surface area contributed by atoms with Crippen LogP contribution in [0, 0.1) is 0 Å². The monoisotopic (exact) mass is 323 g/mol. The zero-order valence-electron chi connectivity index (χ0n) is 10.6. The lowest BCUT2D eigenvalue weighted by atomic mass is 10.2. The molecular weight excluding hydrogens is 310 g/mol. The maximum absolute atomic E-state index is 5.77. The van der Waals surface area contributed by atoms with Crippen molar-refractivity contribution in [2.75, 3.05) is 20.0 Å². The minimum absolute atomic E-state index is 0.573. The van der Waals surface area contributed by atoms with E-state index in [1.165, 1.54) is 0 Å². The number of ether oxygens (including phenoxy) is 3. The summed E-state index contributed by atoms with van der Waals surface area (Å²) in [5.74, 6) is 2.68. The molecule has 0 aliphatic carbocycles. The van der Waals surface area contributed by atoms with E-state index in [1.807, 2.05) is 18.2 Å². The molecule has 0 saturated heterocycles. The van der Waals surface area contributed by atoms with Gasteiger partial charge >= 0.3 is 0 Å². The van der Waals surface area contributed by atoms with Crippen LogP contribution in [0.25, 0.3) is 0 Å². The van der Waals surface area contributed by atoms with Gasteiger partial charge in [-0.2, -0.15) is 0 Å². The minimum atomic E-state index is 0.573. The minimum Gasteiger partial charge on any atom is -0.497 e. The Labute approximate surface area is 120 Å². The van der Waals surface area contributed by atoms with Gasteiger partial charge in [0.05, 0.1) is 24.4 Å². The predicted molar refractivity (Wildman–Crippen MR) is 78.2 cm³/mol. The van der Waals surface area contributed by atoms with Crippen molar-refractivity contribution in [2.24, 2.45) is 0 Å². The van der Waals surface area contributed by atoms with E-state index in [2.05, 4.69) is 15.9 Å². The topological polar surface area (TPSA) is 53.7 Å². The molecule has 2 rings (SSSR count). The third kappa shape index (κ3) is 3.12. The molecule has 0 bridgehead atoms. The van der Waals surface area contributed by atoms with Gasteiger partial charge in [0, 0.05) is 6.07 Å². The number of nitrogen functional groups attached to an aromatic ring is 1. The summed E-state index contributed by atoms with van der Waals surface area (Å²) in [4.78, 5) is 0. The Bertz CT molecular complexity index is 587. The molecule has 0 atom stereocenters. The Kier molecular flexibility index (Phi) is 4.16. The SMILES string of the molecule is COc1ccc(Oc2ccc(N)c(OC)c2)c(Br)c1. The van der Waals surface area contributed by atoms with Crippen molar-refractivity contribution < 1.29 is 14.2 Å². The number of benzene rings is 2. The van der Waals surface area contributed by atoms with Gasteiger partial charge in [0.2, 0.25) is 0 Å². The molecule has 0 heterocycles. The average Bonchev–Trinajstić information content (AvgIpc) is 2.43. The van der Waals surface area contributed by atoms with E-state index < -0.39 is 0 Å². The second-order valence-corrected chi connectivity index (χ2v) is 4.66. The quantitative estimate of drug-likeness (QED) is 0.868. The first kappa shape index (κ1) is 13.5. The highest BCUT2D eigenvalue weighted by Gasteiger charge is 2.07. The van der Waals surface area contributed by atoms with Crippen molar-refractivity contribution in [2.45, 2.75) is 0 Å². The normalized spacial score (nSPS) is 10.1.